The molecule has 1 aromatic carbocycles. The maximum atomic E-state index is 10.5. The Balaban J connectivity index is 2.74. The van der Waals surface area contributed by atoms with Gasteiger partial charge in [0.2, 0.25) is 0 Å². The number of rotatable bonds is 5. The summed E-state index contributed by atoms with van der Waals surface area (Å²) >= 11 is 8.69. The number of benzene rings is 1. The predicted molar refractivity (Wildman–Crippen MR) is 66.2 cm³/mol. The van der Waals surface area contributed by atoms with E-state index >= 15 is 0 Å². The van der Waals surface area contributed by atoms with E-state index in [2.05, 4.69) is 15.9 Å². The summed E-state index contributed by atoms with van der Waals surface area (Å²) in [7, 11) is 0. The highest BCUT2D eigenvalue weighted by Gasteiger charge is 2.09. The van der Waals surface area contributed by atoms with Crippen molar-refractivity contribution in [2.24, 2.45) is 0 Å². The maximum absolute atomic E-state index is 10.5. The number of ether oxygens (including phenoxy) is 1. The summed E-state index contributed by atoms with van der Waals surface area (Å²) in [6, 6.07) is 4.36. The standard InChI is InChI=1S/C10H9BrClNO3/c11-9-4-3-8(13(14)15)7-10(9)16-6-2-1-5-12/h1-4,7H,5-6H2/b2-1+. The third kappa shape index (κ3) is 3.83. The van der Waals surface area contributed by atoms with Gasteiger partial charge in [0.05, 0.1) is 15.5 Å². The van der Waals surface area contributed by atoms with Crippen molar-refractivity contribution < 1.29 is 9.66 Å². The van der Waals surface area contributed by atoms with Gasteiger partial charge in [0.15, 0.2) is 0 Å². The van der Waals surface area contributed by atoms with Crippen molar-refractivity contribution in [1.29, 1.82) is 0 Å². The number of hydrogen-bond donors (Lipinski definition) is 0. The molecule has 0 aromatic heterocycles. The summed E-state index contributed by atoms with van der Waals surface area (Å²) in [6.45, 7) is 0.326. The molecule has 0 radical (unpaired) electrons. The Kier molecular flexibility index (Phi) is 5.28. The molecule has 0 spiro atoms. The van der Waals surface area contributed by atoms with Gasteiger partial charge in [-0.3, -0.25) is 10.1 Å². The number of alkyl halides is 1. The van der Waals surface area contributed by atoms with Crippen LogP contribution in [0, 0.1) is 10.1 Å². The van der Waals surface area contributed by atoms with Gasteiger partial charge in [0.1, 0.15) is 12.4 Å². The van der Waals surface area contributed by atoms with Crippen molar-refractivity contribution in [1.82, 2.24) is 0 Å². The van der Waals surface area contributed by atoms with Crippen LogP contribution in [0.3, 0.4) is 0 Å². The fourth-order valence-corrected chi connectivity index (χ4v) is 1.47. The molecule has 1 rings (SSSR count). The topological polar surface area (TPSA) is 52.4 Å². The zero-order valence-electron chi connectivity index (χ0n) is 8.23. The molecule has 0 N–H and O–H groups in total. The number of non-ortho nitro benzene ring substituents is 1. The highest BCUT2D eigenvalue weighted by molar-refractivity contribution is 9.10. The van der Waals surface area contributed by atoms with Crippen LogP contribution in [0.5, 0.6) is 5.75 Å². The van der Waals surface area contributed by atoms with E-state index in [0.717, 1.165) is 0 Å². The minimum atomic E-state index is -0.464. The van der Waals surface area contributed by atoms with Gasteiger partial charge < -0.3 is 4.74 Å². The van der Waals surface area contributed by atoms with E-state index in [-0.39, 0.29) is 5.69 Å². The van der Waals surface area contributed by atoms with Crippen LogP contribution in [0.4, 0.5) is 5.69 Å². The molecule has 0 saturated carbocycles. The molecule has 0 aliphatic heterocycles. The molecule has 0 aliphatic rings. The van der Waals surface area contributed by atoms with E-state index in [1.54, 1.807) is 18.2 Å². The van der Waals surface area contributed by atoms with Gasteiger partial charge >= 0.3 is 0 Å². The van der Waals surface area contributed by atoms with Gasteiger partial charge in [0, 0.05) is 11.9 Å². The molecule has 0 aliphatic carbocycles. The molecular formula is C10H9BrClNO3. The first kappa shape index (κ1) is 13.0. The van der Waals surface area contributed by atoms with Crippen LogP contribution in [-0.4, -0.2) is 17.4 Å². The second kappa shape index (κ2) is 6.50. The zero-order chi connectivity index (χ0) is 12.0. The first-order chi connectivity index (χ1) is 7.65. The first-order valence-electron chi connectivity index (χ1n) is 4.43. The summed E-state index contributed by atoms with van der Waals surface area (Å²) in [5.41, 5.74) is -0.000442. The minimum Gasteiger partial charge on any atom is -0.488 e. The van der Waals surface area contributed by atoms with Crippen LogP contribution >= 0.6 is 27.5 Å². The van der Waals surface area contributed by atoms with Crippen molar-refractivity contribution in [3.8, 4) is 5.75 Å². The molecule has 6 heteroatoms. The normalized spacial score (nSPS) is 10.6. The second-order valence-corrected chi connectivity index (χ2v) is 3.97. The Bertz CT molecular complexity index is 409. The van der Waals surface area contributed by atoms with Gasteiger partial charge in [-0.1, -0.05) is 12.2 Å². The molecule has 86 valence electrons. The van der Waals surface area contributed by atoms with E-state index in [4.69, 9.17) is 16.3 Å². The van der Waals surface area contributed by atoms with Gasteiger partial charge in [-0.25, -0.2) is 0 Å². The lowest BCUT2D eigenvalue weighted by Gasteiger charge is -2.05. The third-order valence-electron chi connectivity index (χ3n) is 1.72. The molecule has 1 aromatic rings. The molecule has 0 atom stereocenters. The van der Waals surface area contributed by atoms with Crippen molar-refractivity contribution in [3.05, 3.63) is 44.9 Å². The quantitative estimate of drug-likeness (QED) is 0.362. The average Bonchev–Trinajstić information content (AvgIpc) is 2.26. The molecule has 0 fully saturated rings. The summed E-state index contributed by atoms with van der Waals surface area (Å²) in [6.07, 6.45) is 3.49. The van der Waals surface area contributed by atoms with Gasteiger partial charge in [-0.05, 0) is 22.0 Å². The van der Waals surface area contributed by atoms with Crippen LogP contribution < -0.4 is 4.74 Å². The van der Waals surface area contributed by atoms with Crippen molar-refractivity contribution in [2.75, 3.05) is 12.5 Å². The monoisotopic (exact) mass is 305 g/mol. The van der Waals surface area contributed by atoms with E-state index in [0.29, 0.717) is 22.7 Å². The smallest absolute Gasteiger partial charge is 0.273 e. The molecule has 0 unspecified atom stereocenters. The van der Waals surface area contributed by atoms with E-state index in [9.17, 15) is 10.1 Å². The highest BCUT2D eigenvalue weighted by atomic mass is 79.9. The summed E-state index contributed by atoms with van der Waals surface area (Å²) in [4.78, 5) is 10.1. The molecular weight excluding hydrogens is 297 g/mol. The van der Waals surface area contributed by atoms with Crippen LogP contribution in [0.1, 0.15) is 0 Å². The fraction of sp³-hybridized carbons (Fsp3) is 0.200. The lowest BCUT2D eigenvalue weighted by Crippen LogP contribution is -1.96. The fourth-order valence-electron chi connectivity index (χ4n) is 0.985. The Morgan fingerprint density at radius 2 is 2.25 bits per heavy atom. The Morgan fingerprint density at radius 3 is 2.88 bits per heavy atom. The third-order valence-corrected chi connectivity index (χ3v) is 2.55. The Labute approximate surface area is 106 Å². The number of allylic oxidation sites excluding steroid dienone is 1. The van der Waals surface area contributed by atoms with Crippen LogP contribution in [0.25, 0.3) is 0 Å². The largest absolute Gasteiger partial charge is 0.488 e. The summed E-state index contributed by atoms with van der Waals surface area (Å²) < 4.78 is 6.01. The second-order valence-electron chi connectivity index (χ2n) is 2.81. The molecule has 16 heavy (non-hydrogen) atoms. The molecule has 0 heterocycles. The Morgan fingerprint density at radius 1 is 1.50 bits per heavy atom. The lowest BCUT2D eigenvalue weighted by molar-refractivity contribution is -0.384. The number of halogens is 2. The minimum absolute atomic E-state index is 0.000442. The van der Waals surface area contributed by atoms with Crippen LogP contribution in [-0.2, 0) is 0 Å². The van der Waals surface area contributed by atoms with E-state index < -0.39 is 4.92 Å². The van der Waals surface area contributed by atoms with Crippen molar-refractivity contribution in [3.63, 3.8) is 0 Å². The average molecular weight is 307 g/mol. The number of nitro groups is 1. The lowest BCUT2D eigenvalue weighted by atomic mass is 10.3. The van der Waals surface area contributed by atoms with Gasteiger partial charge in [-0.2, -0.15) is 0 Å². The molecule has 4 nitrogen and oxygen atoms in total. The predicted octanol–water partition coefficient (Wildman–Crippen LogP) is 3.53. The van der Waals surface area contributed by atoms with Crippen LogP contribution in [0.2, 0.25) is 0 Å². The highest BCUT2D eigenvalue weighted by Crippen LogP contribution is 2.29. The molecule has 0 bridgehead atoms. The van der Waals surface area contributed by atoms with Crippen LogP contribution in [0.15, 0.2) is 34.8 Å². The Hall–Kier alpha value is -1.07. The number of nitrogens with zero attached hydrogens (tertiary/aromatic N) is 1. The summed E-state index contributed by atoms with van der Waals surface area (Å²) in [5.74, 6) is 0.854. The number of nitro benzene ring substituents is 1. The van der Waals surface area contributed by atoms with Gasteiger partial charge in [-0.15, -0.1) is 11.6 Å². The van der Waals surface area contributed by atoms with E-state index in [1.807, 2.05) is 0 Å². The maximum Gasteiger partial charge on any atom is 0.273 e. The zero-order valence-corrected chi connectivity index (χ0v) is 10.6. The summed E-state index contributed by atoms with van der Waals surface area (Å²) in [5, 5.41) is 10.5. The van der Waals surface area contributed by atoms with E-state index in [1.165, 1.54) is 12.1 Å². The van der Waals surface area contributed by atoms with Crippen molar-refractivity contribution >= 4 is 33.2 Å². The van der Waals surface area contributed by atoms with Gasteiger partial charge in [0.25, 0.3) is 5.69 Å². The molecule has 0 saturated heterocycles. The van der Waals surface area contributed by atoms with Crippen molar-refractivity contribution in [2.45, 2.75) is 0 Å². The SMILES string of the molecule is O=[N+]([O-])c1ccc(Br)c(OC/C=C/CCl)c1. The molecule has 0 amide bonds. The first-order valence-corrected chi connectivity index (χ1v) is 5.75. The number of hydrogen-bond acceptors (Lipinski definition) is 3.